The lowest BCUT2D eigenvalue weighted by Gasteiger charge is -2.27. The quantitative estimate of drug-likeness (QED) is 0.0139. The minimum absolute atomic E-state index is 0.0389. The largest absolute Gasteiger partial charge is 0.508 e. The van der Waals surface area contributed by atoms with Crippen LogP contribution in [-0.4, -0.2) is 178 Å². The summed E-state index contributed by atoms with van der Waals surface area (Å²) in [5.41, 5.74) is 6.12. The molecule has 0 aromatic heterocycles. The Bertz CT molecular complexity index is 2390. The first-order valence-corrected chi connectivity index (χ1v) is 24.9. The lowest BCUT2D eigenvalue weighted by molar-refractivity contribution is -0.137. The molecular formula is C50H72N12O15. The highest BCUT2D eigenvalue weighted by molar-refractivity contribution is 6.12. The Balaban J connectivity index is 1.80. The van der Waals surface area contributed by atoms with E-state index in [1.807, 2.05) is 13.8 Å². The molecule has 0 fully saturated rings. The number of imide groups is 1. The second-order valence-electron chi connectivity index (χ2n) is 18.5. The van der Waals surface area contributed by atoms with E-state index >= 15 is 0 Å². The van der Waals surface area contributed by atoms with Crippen LogP contribution in [0.15, 0.2) is 60.7 Å². The van der Waals surface area contributed by atoms with Crippen molar-refractivity contribution < 1.29 is 73.5 Å². The van der Waals surface area contributed by atoms with Crippen molar-refractivity contribution in [3.05, 3.63) is 71.8 Å². The monoisotopic (exact) mass is 1080 g/mol. The number of amides is 10. The number of hydrogen-bond acceptors (Lipinski definition) is 16. The summed E-state index contributed by atoms with van der Waals surface area (Å²) in [6.07, 6.45) is 3.22. The minimum atomic E-state index is -1.84. The summed E-state index contributed by atoms with van der Waals surface area (Å²) in [6.45, 7) is 0.860. The molecule has 1 aliphatic rings. The van der Waals surface area contributed by atoms with Gasteiger partial charge in [0.2, 0.25) is 47.3 Å². The number of nitrogens with two attached hydrogens (primary N) is 1. The number of guanidine groups is 1. The summed E-state index contributed by atoms with van der Waals surface area (Å²) >= 11 is 0. The number of aliphatic hydroxyl groups excluding tert-OH is 3. The molecule has 10 amide bonds. The van der Waals surface area contributed by atoms with Crippen LogP contribution >= 0.6 is 0 Å². The Morgan fingerprint density at radius 2 is 0.948 bits per heavy atom. The van der Waals surface area contributed by atoms with Gasteiger partial charge in [0, 0.05) is 51.6 Å². The summed E-state index contributed by atoms with van der Waals surface area (Å²) in [6, 6.07) is 0.274. The summed E-state index contributed by atoms with van der Waals surface area (Å²) < 4.78 is 0. The lowest BCUT2D eigenvalue weighted by Crippen LogP contribution is -2.61. The summed E-state index contributed by atoms with van der Waals surface area (Å²) in [5.74, 6) is -8.80. The fourth-order valence-electron chi connectivity index (χ4n) is 7.70. The molecule has 27 nitrogen and oxygen atoms in total. The van der Waals surface area contributed by atoms with Crippen molar-refractivity contribution in [1.82, 2.24) is 52.8 Å². The van der Waals surface area contributed by atoms with Gasteiger partial charge in [-0.05, 0) is 73.4 Å². The van der Waals surface area contributed by atoms with Crippen LogP contribution in [0.2, 0.25) is 0 Å². The third kappa shape index (κ3) is 21.9. The predicted octanol–water partition coefficient (Wildman–Crippen LogP) is -4.21. The number of aromatic hydroxyl groups is 2. The molecule has 27 heteroatoms. The molecule has 2 aromatic rings. The van der Waals surface area contributed by atoms with E-state index in [0.717, 1.165) is 17.1 Å². The van der Waals surface area contributed by atoms with Gasteiger partial charge in [-0.1, -0.05) is 44.5 Å². The smallest absolute Gasteiger partial charge is 0.253 e. The number of phenolic OH excluding ortho intramolecular Hbond substituents is 2. The number of hydrogen-bond donors (Lipinski definition) is 16. The van der Waals surface area contributed by atoms with Gasteiger partial charge in [-0.25, -0.2) is 0 Å². The number of unbranched alkanes of at least 4 members (excludes halogenated alkanes) is 2. The van der Waals surface area contributed by atoms with Crippen molar-refractivity contribution in [3.8, 4) is 11.5 Å². The average Bonchev–Trinajstić information content (AvgIpc) is 3.71. The van der Waals surface area contributed by atoms with Gasteiger partial charge in [0.25, 0.3) is 11.8 Å². The number of likely N-dealkylation sites (N-methyl/N-ethyl adjacent to an activating group) is 1. The van der Waals surface area contributed by atoms with Crippen molar-refractivity contribution in [1.29, 1.82) is 5.41 Å². The first kappa shape index (κ1) is 63.1. The SMILES string of the molecule is CNC(=O)C(CC(C)C)NC(=O)C(CO)NC(=O)C(Cc1ccc(O)cc1)NC(=O)C(Cc1ccc(O)cc1)NC(=O)C(CO)NC(=O)C(CO)NC(=O)C(CCCNC(=N)N)NC(=O)CCCCCN1C(=O)C=CC1=O. The molecule has 17 N–H and O–H groups in total. The molecule has 2 aromatic carbocycles. The van der Waals surface area contributed by atoms with Crippen molar-refractivity contribution in [2.75, 3.05) is 40.0 Å². The van der Waals surface area contributed by atoms with Crippen LogP contribution in [0.25, 0.3) is 0 Å². The molecule has 0 saturated carbocycles. The Kier molecular flexibility index (Phi) is 26.5. The van der Waals surface area contributed by atoms with Crippen LogP contribution in [0.3, 0.4) is 0 Å². The Morgan fingerprint density at radius 1 is 0.545 bits per heavy atom. The van der Waals surface area contributed by atoms with E-state index in [9.17, 15) is 73.5 Å². The number of carbonyl (C=O) groups is 10. The number of benzene rings is 2. The molecule has 7 atom stereocenters. The van der Waals surface area contributed by atoms with Crippen LogP contribution in [0, 0.1) is 11.3 Å². The molecule has 0 saturated heterocycles. The highest BCUT2D eigenvalue weighted by atomic mass is 16.3. The Morgan fingerprint density at radius 3 is 1.35 bits per heavy atom. The average molecular weight is 1080 g/mol. The standard InChI is InChI=1S/C50H72N12O15/c1-28(2)22-34(43(71)53-3)56-47(75)37(25-63)60-46(74)36(24-30-12-16-32(67)17-13-30)57-45(73)35(23-29-10-14-31(66)15-11-29)58-48(76)38(26-64)61-49(77)39(27-65)59-44(72)33(8-7-20-54-50(51)52)55-40(68)9-5-4-6-21-62-41(69)18-19-42(62)70/h10-19,28,33-39,63-67H,4-9,20-27H2,1-3H3,(H,53,71)(H,55,68)(H,56,75)(H,57,73)(H,58,76)(H,59,72)(H,60,74)(H,61,77)(H4,51,52,54). The van der Waals surface area contributed by atoms with Crippen LogP contribution in [0.1, 0.15) is 69.9 Å². The van der Waals surface area contributed by atoms with Crippen LogP contribution < -0.4 is 53.6 Å². The number of carbonyl (C=O) groups excluding carboxylic acids is 10. The van der Waals surface area contributed by atoms with E-state index in [1.165, 1.54) is 55.6 Å². The second-order valence-corrected chi connectivity index (χ2v) is 18.5. The maximum atomic E-state index is 14.3. The Labute approximate surface area is 444 Å². The molecular weight excluding hydrogens is 1010 g/mol. The van der Waals surface area contributed by atoms with Crippen molar-refractivity contribution in [3.63, 3.8) is 0 Å². The van der Waals surface area contributed by atoms with E-state index < -0.39 is 121 Å². The van der Waals surface area contributed by atoms with Gasteiger partial charge in [0.05, 0.1) is 19.8 Å². The molecule has 7 unspecified atom stereocenters. The van der Waals surface area contributed by atoms with Gasteiger partial charge >= 0.3 is 0 Å². The van der Waals surface area contributed by atoms with Crippen molar-refractivity contribution >= 4 is 65.0 Å². The highest BCUT2D eigenvalue weighted by Gasteiger charge is 2.34. The molecule has 0 aliphatic carbocycles. The normalized spacial score (nSPS) is 14.7. The third-order valence-electron chi connectivity index (χ3n) is 11.9. The molecule has 77 heavy (non-hydrogen) atoms. The number of phenols is 2. The second kappa shape index (κ2) is 32.3. The van der Waals surface area contributed by atoms with Gasteiger partial charge in [0.1, 0.15) is 53.8 Å². The van der Waals surface area contributed by atoms with Gasteiger partial charge in [-0.2, -0.15) is 0 Å². The van der Waals surface area contributed by atoms with Gasteiger partial charge in [0.15, 0.2) is 5.96 Å². The number of nitrogens with zero attached hydrogens (tertiary/aromatic N) is 1. The van der Waals surface area contributed by atoms with E-state index in [-0.39, 0.29) is 75.0 Å². The van der Waals surface area contributed by atoms with Gasteiger partial charge in [-0.3, -0.25) is 58.3 Å². The summed E-state index contributed by atoms with van der Waals surface area (Å²) in [5, 5.41) is 80.1. The fraction of sp³-hybridized carbons (Fsp3) is 0.500. The molecule has 422 valence electrons. The fourth-order valence-corrected chi connectivity index (χ4v) is 7.70. The van der Waals surface area contributed by atoms with E-state index in [4.69, 9.17) is 11.1 Å². The van der Waals surface area contributed by atoms with Crippen LogP contribution in [0.4, 0.5) is 0 Å². The molecule has 3 rings (SSSR count). The number of rotatable bonds is 33. The molecule has 1 aliphatic heterocycles. The molecule has 1 heterocycles. The first-order valence-electron chi connectivity index (χ1n) is 24.9. The summed E-state index contributed by atoms with van der Waals surface area (Å²) in [4.78, 5) is 133. The van der Waals surface area contributed by atoms with E-state index in [2.05, 4.69) is 47.9 Å². The third-order valence-corrected chi connectivity index (χ3v) is 11.9. The Hall–Kier alpha value is -8.17. The lowest BCUT2D eigenvalue weighted by atomic mass is 10.0. The number of aliphatic hydroxyl groups is 3. The predicted molar refractivity (Wildman–Crippen MR) is 275 cm³/mol. The maximum Gasteiger partial charge on any atom is 0.253 e. The summed E-state index contributed by atoms with van der Waals surface area (Å²) in [7, 11) is 1.37. The zero-order valence-corrected chi connectivity index (χ0v) is 43.1. The van der Waals surface area contributed by atoms with Crippen LogP contribution in [-0.2, 0) is 60.8 Å². The molecule has 0 bridgehead atoms. The minimum Gasteiger partial charge on any atom is -0.508 e. The van der Waals surface area contributed by atoms with Gasteiger partial charge < -0.3 is 79.1 Å². The zero-order chi connectivity index (χ0) is 57.2. The molecule has 0 radical (unpaired) electrons. The topological polar surface area (TPSA) is 433 Å². The van der Waals surface area contributed by atoms with Crippen LogP contribution in [0.5, 0.6) is 11.5 Å². The maximum absolute atomic E-state index is 14.3. The molecule has 0 spiro atoms. The van der Waals surface area contributed by atoms with Gasteiger partial charge in [-0.15, -0.1) is 0 Å². The first-order chi connectivity index (χ1) is 36.6. The zero-order valence-electron chi connectivity index (χ0n) is 43.1. The van der Waals surface area contributed by atoms with E-state index in [0.29, 0.717) is 30.4 Å². The van der Waals surface area contributed by atoms with Crippen molar-refractivity contribution in [2.24, 2.45) is 11.7 Å². The number of nitrogens with one attached hydrogen (secondary N) is 10. The van der Waals surface area contributed by atoms with E-state index in [1.54, 1.807) is 0 Å². The van der Waals surface area contributed by atoms with Crippen molar-refractivity contribution in [2.45, 2.75) is 114 Å². The highest BCUT2D eigenvalue weighted by Crippen LogP contribution is 2.15.